The van der Waals surface area contributed by atoms with Crippen LogP contribution in [0, 0.1) is 0 Å². The largest absolute Gasteiger partial charge is 0.380 e. The second-order valence-electron chi connectivity index (χ2n) is 5.18. The summed E-state index contributed by atoms with van der Waals surface area (Å²) in [5.74, 6) is 0.858. The molecular formula is C15H27N3OS. The van der Waals surface area contributed by atoms with E-state index in [0.717, 1.165) is 32.2 Å². The highest BCUT2D eigenvalue weighted by Gasteiger charge is 2.21. The number of ether oxygens (including phenoxy) is 1. The van der Waals surface area contributed by atoms with Crippen molar-refractivity contribution in [3.05, 3.63) is 22.4 Å². The lowest BCUT2D eigenvalue weighted by Gasteiger charge is -2.21. The molecule has 0 atom stereocenters. The zero-order valence-electron chi connectivity index (χ0n) is 13.0. The summed E-state index contributed by atoms with van der Waals surface area (Å²) in [5, 5.41) is 8.67. The van der Waals surface area contributed by atoms with E-state index in [2.05, 4.69) is 53.9 Å². The fourth-order valence-corrected chi connectivity index (χ4v) is 2.59. The fraction of sp³-hybridized carbons (Fsp3) is 0.667. The number of rotatable bonds is 8. The Hall–Kier alpha value is -1.07. The predicted molar refractivity (Wildman–Crippen MR) is 87.8 cm³/mol. The molecule has 0 unspecified atom stereocenters. The highest BCUT2D eigenvalue weighted by atomic mass is 32.1. The molecule has 1 aromatic heterocycles. The van der Waals surface area contributed by atoms with Gasteiger partial charge in [-0.25, -0.2) is 0 Å². The lowest BCUT2D eigenvalue weighted by Crippen LogP contribution is -2.40. The normalized spacial score (nSPS) is 12.5. The van der Waals surface area contributed by atoms with Gasteiger partial charge in [0, 0.05) is 30.0 Å². The van der Waals surface area contributed by atoms with Crippen LogP contribution in [0.4, 0.5) is 0 Å². The molecule has 0 amide bonds. The van der Waals surface area contributed by atoms with Crippen LogP contribution < -0.4 is 10.6 Å². The second kappa shape index (κ2) is 8.97. The Kier molecular flexibility index (Phi) is 7.62. The molecule has 4 nitrogen and oxygen atoms in total. The van der Waals surface area contributed by atoms with Crippen LogP contribution in [-0.4, -0.2) is 38.8 Å². The number of thiophene rings is 1. The van der Waals surface area contributed by atoms with Gasteiger partial charge in [-0.15, -0.1) is 11.3 Å². The van der Waals surface area contributed by atoms with Crippen molar-refractivity contribution >= 4 is 17.3 Å². The lowest BCUT2D eigenvalue weighted by molar-refractivity contribution is 0.152. The summed E-state index contributed by atoms with van der Waals surface area (Å²) in [7, 11) is 0. The Morgan fingerprint density at radius 3 is 2.75 bits per heavy atom. The molecule has 0 radical (unpaired) electrons. The predicted octanol–water partition coefficient (Wildman–Crippen LogP) is 2.62. The monoisotopic (exact) mass is 297 g/mol. The molecule has 1 heterocycles. The summed E-state index contributed by atoms with van der Waals surface area (Å²) in [6.07, 6.45) is 0. The summed E-state index contributed by atoms with van der Waals surface area (Å²) in [6, 6.07) is 4.27. The second-order valence-corrected chi connectivity index (χ2v) is 6.13. The molecule has 0 aliphatic carbocycles. The van der Waals surface area contributed by atoms with Gasteiger partial charge in [0.25, 0.3) is 0 Å². The van der Waals surface area contributed by atoms with Crippen LogP contribution in [0.25, 0.3) is 0 Å². The maximum atomic E-state index is 5.32. The third kappa shape index (κ3) is 5.92. The number of hydrogen-bond acceptors (Lipinski definition) is 3. The zero-order chi connectivity index (χ0) is 14.8. The van der Waals surface area contributed by atoms with Crippen molar-refractivity contribution in [2.75, 3.05) is 32.8 Å². The molecule has 20 heavy (non-hydrogen) atoms. The zero-order valence-corrected chi connectivity index (χ0v) is 13.8. The first kappa shape index (κ1) is 17.0. The minimum absolute atomic E-state index is 0.0659. The number of guanidine groups is 1. The van der Waals surface area contributed by atoms with Gasteiger partial charge in [0.15, 0.2) is 5.96 Å². The topological polar surface area (TPSA) is 45.7 Å². The van der Waals surface area contributed by atoms with E-state index in [1.807, 2.05) is 6.92 Å². The highest BCUT2D eigenvalue weighted by molar-refractivity contribution is 7.10. The van der Waals surface area contributed by atoms with Gasteiger partial charge in [-0.2, -0.15) is 0 Å². The van der Waals surface area contributed by atoms with Crippen molar-refractivity contribution in [2.24, 2.45) is 4.99 Å². The van der Waals surface area contributed by atoms with Crippen molar-refractivity contribution in [2.45, 2.75) is 33.1 Å². The fourth-order valence-electron chi connectivity index (χ4n) is 1.75. The van der Waals surface area contributed by atoms with Crippen LogP contribution in [-0.2, 0) is 10.2 Å². The van der Waals surface area contributed by atoms with Crippen LogP contribution in [0.5, 0.6) is 0 Å². The van der Waals surface area contributed by atoms with Crippen LogP contribution in [0.3, 0.4) is 0 Å². The van der Waals surface area contributed by atoms with Gasteiger partial charge in [0.1, 0.15) is 0 Å². The molecule has 5 heteroatoms. The highest BCUT2D eigenvalue weighted by Crippen LogP contribution is 2.27. The van der Waals surface area contributed by atoms with Crippen LogP contribution >= 0.6 is 11.3 Å². The number of aliphatic imine (C=N–C) groups is 1. The van der Waals surface area contributed by atoms with Gasteiger partial charge in [-0.05, 0) is 25.3 Å². The van der Waals surface area contributed by atoms with E-state index in [0.29, 0.717) is 6.61 Å². The van der Waals surface area contributed by atoms with Crippen molar-refractivity contribution in [1.29, 1.82) is 0 Å². The molecule has 0 aromatic carbocycles. The minimum Gasteiger partial charge on any atom is -0.380 e. The summed E-state index contributed by atoms with van der Waals surface area (Å²) < 4.78 is 5.32. The molecule has 0 aliphatic heterocycles. The molecule has 0 aliphatic rings. The summed E-state index contributed by atoms with van der Waals surface area (Å²) >= 11 is 1.79. The maximum absolute atomic E-state index is 5.32. The standard InChI is InChI=1S/C15H27N3OS/c1-5-16-14(17-9-10-19-6-2)18-12-15(3,4)13-8-7-11-20-13/h7-8,11H,5-6,9-10,12H2,1-4H3,(H2,16,17,18). The SMILES string of the molecule is CCNC(=NCC(C)(C)c1cccs1)NCCOCC. The molecule has 2 N–H and O–H groups in total. The van der Waals surface area contributed by atoms with Gasteiger partial charge in [0.05, 0.1) is 13.2 Å². The van der Waals surface area contributed by atoms with Gasteiger partial charge < -0.3 is 15.4 Å². The maximum Gasteiger partial charge on any atom is 0.191 e. The van der Waals surface area contributed by atoms with E-state index in [9.17, 15) is 0 Å². The Balaban J connectivity index is 2.53. The quantitative estimate of drug-likeness (QED) is 0.440. The Morgan fingerprint density at radius 1 is 1.35 bits per heavy atom. The summed E-state index contributed by atoms with van der Waals surface area (Å²) in [6.45, 7) is 12.4. The van der Waals surface area contributed by atoms with Gasteiger partial charge in [0.2, 0.25) is 0 Å². The third-order valence-corrected chi connectivity index (χ3v) is 4.14. The molecule has 0 spiro atoms. The van der Waals surface area contributed by atoms with Crippen molar-refractivity contribution < 1.29 is 4.74 Å². The van der Waals surface area contributed by atoms with Crippen molar-refractivity contribution in [3.63, 3.8) is 0 Å². The van der Waals surface area contributed by atoms with Crippen molar-refractivity contribution in [1.82, 2.24) is 10.6 Å². The Bertz CT molecular complexity index is 388. The number of nitrogens with zero attached hydrogens (tertiary/aromatic N) is 1. The van der Waals surface area contributed by atoms with E-state index >= 15 is 0 Å². The van der Waals surface area contributed by atoms with E-state index in [4.69, 9.17) is 4.74 Å². The molecule has 1 aromatic rings. The number of nitrogens with one attached hydrogen (secondary N) is 2. The van der Waals surface area contributed by atoms with Crippen LogP contribution in [0.2, 0.25) is 0 Å². The van der Waals surface area contributed by atoms with Crippen LogP contribution in [0.1, 0.15) is 32.6 Å². The van der Waals surface area contributed by atoms with Gasteiger partial charge in [-0.1, -0.05) is 19.9 Å². The Labute approximate surface area is 126 Å². The van der Waals surface area contributed by atoms with E-state index in [-0.39, 0.29) is 5.41 Å². The summed E-state index contributed by atoms with van der Waals surface area (Å²) in [5.41, 5.74) is 0.0659. The van der Waals surface area contributed by atoms with Crippen LogP contribution in [0.15, 0.2) is 22.5 Å². The number of hydrogen-bond donors (Lipinski definition) is 2. The Morgan fingerprint density at radius 2 is 2.15 bits per heavy atom. The molecule has 114 valence electrons. The first-order chi connectivity index (χ1) is 9.60. The van der Waals surface area contributed by atoms with E-state index in [1.54, 1.807) is 11.3 Å². The lowest BCUT2D eigenvalue weighted by atomic mass is 9.92. The first-order valence-corrected chi connectivity index (χ1v) is 8.12. The molecule has 0 saturated carbocycles. The van der Waals surface area contributed by atoms with E-state index in [1.165, 1.54) is 4.88 Å². The molecule has 0 bridgehead atoms. The molecular weight excluding hydrogens is 270 g/mol. The average Bonchev–Trinajstić information content (AvgIpc) is 2.95. The van der Waals surface area contributed by atoms with Crippen molar-refractivity contribution in [3.8, 4) is 0 Å². The minimum atomic E-state index is 0.0659. The average molecular weight is 297 g/mol. The van der Waals surface area contributed by atoms with Gasteiger partial charge in [-0.3, -0.25) is 4.99 Å². The van der Waals surface area contributed by atoms with E-state index < -0.39 is 0 Å². The molecule has 0 fully saturated rings. The van der Waals surface area contributed by atoms with Gasteiger partial charge >= 0.3 is 0 Å². The summed E-state index contributed by atoms with van der Waals surface area (Å²) in [4.78, 5) is 6.05. The molecule has 0 saturated heterocycles. The third-order valence-electron chi connectivity index (χ3n) is 2.91. The smallest absolute Gasteiger partial charge is 0.191 e. The molecule has 1 rings (SSSR count). The first-order valence-electron chi connectivity index (χ1n) is 7.24.